The molecule has 1 atom stereocenters. The molecule has 4 rings (SSSR count). The minimum absolute atomic E-state index is 0.0136. The van der Waals surface area contributed by atoms with Crippen molar-refractivity contribution >= 4 is 45.1 Å². The Labute approximate surface area is 212 Å². The predicted octanol–water partition coefficient (Wildman–Crippen LogP) is 2.84. The summed E-state index contributed by atoms with van der Waals surface area (Å²) in [6, 6.07) is 3.91. The van der Waals surface area contributed by atoms with Crippen molar-refractivity contribution in [2.45, 2.75) is 36.6 Å². The lowest BCUT2D eigenvalue weighted by Crippen LogP contribution is -2.60. The summed E-state index contributed by atoms with van der Waals surface area (Å²) in [6.45, 7) is 5.35. The van der Waals surface area contributed by atoms with Gasteiger partial charge in [-0.25, -0.2) is 27.4 Å². The number of benzene rings is 1. The Kier molecular flexibility index (Phi) is 7.14. The van der Waals surface area contributed by atoms with Gasteiger partial charge in [-0.2, -0.15) is 5.01 Å². The first-order chi connectivity index (χ1) is 16.4. The third-order valence-corrected chi connectivity index (χ3v) is 6.90. The Morgan fingerprint density at radius 3 is 2.69 bits per heavy atom. The quantitative estimate of drug-likeness (QED) is 0.418. The highest BCUT2D eigenvalue weighted by Crippen LogP contribution is 2.35. The van der Waals surface area contributed by atoms with Gasteiger partial charge in [0.15, 0.2) is 10.7 Å². The SMILES string of the molecule is CC(C)(C)OC(=O)N(N1CC(Sc2nonc2-c2noc(=O)n2-c2ccc(F)c(Br)c2)C1)S(=O)O. The second-order valence-electron chi connectivity index (χ2n) is 8.22. The van der Waals surface area contributed by atoms with Crippen LogP contribution in [0.25, 0.3) is 17.2 Å². The van der Waals surface area contributed by atoms with E-state index >= 15 is 0 Å². The Hall–Kier alpha value is -2.60. The maximum atomic E-state index is 13.7. The highest BCUT2D eigenvalue weighted by atomic mass is 79.9. The Morgan fingerprint density at radius 1 is 1.34 bits per heavy atom. The summed E-state index contributed by atoms with van der Waals surface area (Å²) in [7, 11) is 0. The summed E-state index contributed by atoms with van der Waals surface area (Å²) < 4.78 is 51.6. The van der Waals surface area contributed by atoms with Gasteiger partial charge in [0, 0.05) is 18.3 Å². The molecule has 188 valence electrons. The highest BCUT2D eigenvalue weighted by Gasteiger charge is 2.40. The number of nitrogens with zero attached hydrogens (tertiary/aromatic N) is 6. The standard InChI is InChI=1S/C18H18BrFN6O7S2/c1-18(2,3)31-17(28)26(35(29)30)24-7-10(8-24)34-15-13(21-33-23-15)14-22-32-16(27)25(14)9-4-5-12(20)11(19)6-9/h4-6,10H,7-8H2,1-3H3,(H,29,30). The summed E-state index contributed by atoms with van der Waals surface area (Å²) in [6.07, 6.45) is -0.956. The molecule has 0 aliphatic carbocycles. The van der Waals surface area contributed by atoms with E-state index in [1.165, 1.54) is 35.0 Å². The lowest BCUT2D eigenvalue weighted by molar-refractivity contribution is -0.0303. The smallest absolute Gasteiger partial charge is 0.442 e. The van der Waals surface area contributed by atoms with Crippen molar-refractivity contribution in [3.05, 3.63) is 39.0 Å². The molecule has 2 aromatic heterocycles. The molecule has 1 saturated heterocycles. The van der Waals surface area contributed by atoms with Crippen molar-refractivity contribution in [1.82, 2.24) is 29.5 Å². The summed E-state index contributed by atoms with van der Waals surface area (Å²) >= 11 is 1.65. The fourth-order valence-electron chi connectivity index (χ4n) is 3.02. The number of thioether (sulfide) groups is 1. The number of amides is 1. The van der Waals surface area contributed by atoms with Gasteiger partial charge in [-0.15, -0.1) is 4.41 Å². The molecule has 17 heteroatoms. The molecule has 1 aromatic carbocycles. The number of hydrazine groups is 1. The number of carbonyl (C=O) groups is 1. The van der Waals surface area contributed by atoms with E-state index < -0.39 is 34.5 Å². The number of carbonyl (C=O) groups excluding carboxylic acids is 1. The van der Waals surface area contributed by atoms with Crippen LogP contribution in [-0.4, -0.2) is 68.3 Å². The molecule has 3 heterocycles. The van der Waals surface area contributed by atoms with Crippen molar-refractivity contribution in [2.75, 3.05) is 13.1 Å². The number of ether oxygens (including phenoxy) is 1. The van der Waals surface area contributed by atoms with Crippen LogP contribution in [-0.2, 0) is 16.0 Å². The fourth-order valence-corrected chi connectivity index (χ4v) is 5.01. The zero-order valence-corrected chi connectivity index (χ0v) is 21.6. The molecule has 1 amide bonds. The van der Waals surface area contributed by atoms with Gasteiger partial charge >= 0.3 is 11.8 Å². The van der Waals surface area contributed by atoms with Gasteiger partial charge in [-0.05, 0) is 65.2 Å². The van der Waals surface area contributed by atoms with E-state index in [0.717, 1.165) is 4.57 Å². The molecule has 0 saturated carbocycles. The normalized spacial score (nSPS) is 15.6. The van der Waals surface area contributed by atoms with Gasteiger partial charge < -0.3 is 4.74 Å². The van der Waals surface area contributed by atoms with E-state index in [4.69, 9.17) is 13.9 Å². The van der Waals surface area contributed by atoms with Gasteiger partial charge in [0.1, 0.15) is 11.4 Å². The van der Waals surface area contributed by atoms with Crippen molar-refractivity contribution in [3.8, 4) is 17.2 Å². The summed E-state index contributed by atoms with van der Waals surface area (Å²) in [5, 5.41) is 12.9. The molecular weight excluding hydrogens is 575 g/mol. The summed E-state index contributed by atoms with van der Waals surface area (Å²) in [4.78, 5) is 24.6. The molecule has 0 bridgehead atoms. The Balaban J connectivity index is 1.51. The van der Waals surface area contributed by atoms with Crippen LogP contribution in [0.15, 0.2) is 41.6 Å². The maximum Gasteiger partial charge on any atom is 0.446 e. The molecule has 0 spiro atoms. The molecular formula is C18H18BrFN6O7S2. The predicted molar refractivity (Wildman–Crippen MR) is 123 cm³/mol. The van der Waals surface area contributed by atoms with Crippen LogP contribution in [0, 0.1) is 5.82 Å². The average molecular weight is 593 g/mol. The van der Waals surface area contributed by atoms with Crippen molar-refractivity contribution in [1.29, 1.82) is 0 Å². The van der Waals surface area contributed by atoms with Crippen LogP contribution in [0.5, 0.6) is 0 Å². The van der Waals surface area contributed by atoms with E-state index in [2.05, 4.69) is 31.4 Å². The number of hydrogen-bond acceptors (Lipinski definition) is 11. The Morgan fingerprint density at radius 2 is 2.06 bits per heavy atom. The van der Waals surface area contributed by atoms with E-state index in [1.54, 1.807) is 20.8 Å². The fraction of sp³-hybridized carbons (Fsp3) is 0.389. The Bertz CT molecular complexity index is 1330. The number of hydrogen-bond donors (Lipinski definition) is 1. The highest BCUT2D eigenvalue weighted by molar-refractivity contribution is 9.10. The van der Waals surface area contributed by atoms with Crippen LogP contribution < -0.4 is 5.76 Å². The van der Waals surface area contributed by atoms with Gasteiger partial charge in [0.05, 0.1) is 10.2 Å². The van der Waals surface area contributed by atoms with Crippen molar-refractivity contribution in [3.63, 3.8) is 0 Å². The lowest BCUT2D eigenvalue weighted by atomic mass is 10.2. The molecule has 1 fully saturated rings. The molecule has 3 aromatic rings. The molecule has 1 N–H and O–H groups in total. The van der Waals surface area contributed by atoms with E-state index in [9.17, 15) is 22.7 Å². The number of aromatic nitrogens is 4. The second-order valence-corrected chi connectivity index (χ2v) is 11.2. The third kappa shape index (κ3) is 5.48. The summed E-state index contributed by atoms with van der Waals surface area (Å²) in [5.74, 6) is -1.36. The van der Waals surface area contributed by atoms with Gasteiger partial charge in [-0.3, -0.25) is 9.08 Å². The first-order valence-electron chi connectivity index (χ1n) is 9.87. The first kappa shape index (κ1) is 25.5. The molecule has 0 radical (unpaired) electrons. The first-order valence-corrected chi connectivity index (χ1v) is 12.6. The number of rotatable bonds is 6. The van der Waals surface area contributed by atoms with Gasteiger partial charge in [0.2, 0.25) is 5.82 Å². The number of halogens is 2. The van der Waals surface area contributed by atoms with Crippen LogP contribution in [0.4, 0.5) is 9.18 Å². The van der Waals surface area contributed by atoms with E-state index in [1.807, 2.05) is 0 Å². The minimum Gasteiger partial charge on any atom is -0.442 e. The zero-order valence-electron chi connectivity index (χ0n) is 18.4. The second kappa shape index (κ2) is 9.81. The van der Waals surface area contributed by atoms with Crippen LogP contribution in [0.2, 0.25) is 0 Å². The molecule has 1 unspecified atom stereocenters. The molecule has 35 heavy (non-hydrogen) atoms. The van der Waals surface area contributed by atoms with Crippen LogP contribution in [0.1, 0.15) is 20.8 Å². The van der Waals surface area contributed by atoms with E-state index in [-0.39, 0.29) is 45.0 Å². The zero-order chi connectivity index (χ0) is 25.5. The molecule has 13 nitrogen and oxygen atoms in total. The monoisotopic (exact) mass is 592 g/mol. The van der Waals surface area contributed by atoms with E-state index in [0.29, 0.717) is 4.41 Å². The van der Waals surface area contributed by atoms with Gasteiger partial charge in [0.25, 0.3) is 11.3 Å². The molecule has 1 aliphatic heterocycles. The maximum absolute atomic E-state index is 13.7. The van der Waals surface area contributed by atoms with Crippen LogP contribution in [0.3, 0.4) is 0 Å². The molecule has 1 aliphatic rings. The third-order valence-electron chi connectivity index (χ3n) is 4.50. The topological polar surface area (TPSA) is 157 Å². The largest absolute Gasteiger partial charge is 0.446 e. The minimum atomic E-state index is -2.62. The summed E-state index contributed by atoms with van der Waals surface area (Å²) in [5.41, 5.74) is -0.469. The van der Waals surface area contributed by atoms with Gasteiger partial charge in [-0.1, -0.05) is 16.9 Å². The van der Waals surface area contributed by atoms with Crippen molar-refractivity contribution in [2.24, 2.45) is 0 Å². The van der Waals surface area contributed by atoms with Crippen LogP contribution >= 0.6 is 27.7 Å². The average Bonchev–Trinajstić information content (AvgIpc) is 3.32. The van der Waals surface area contributed by atoms with Crippen molar-refractivity contribution < 1.29 is 31.8 Å². The lowest BCUT2D eigenvalue weighted by Gasteiger charge is -2.42.